The average molecular weight is 425 g/mol. The molecule has 1 aromatic rings. The van der Waals surface area contributed by atoms with E-state index in [-0.39, 0.29) is 17.2 Å². The summed E-state index contributed by atoms with van der Waals surface area (Å²) < 4.78 is 31.5. The molecule has 0 unspecified atom stereocenters. The lowest BCUT2D eigenvalue weighted by molar-refractivity contribution is 0.302. The van der Waals surface area contributed by atoms with Crippen molar-refractivity contribution in [3.63, 3.8) is 0 Å². The number of hydrogen-bond donors (Lipinski definition) is 2. The first-order valence-corrected chi connectivity index (χ1v) is 12.0. The van der Waals surface area contributed by atoms with E-state index in [0.29, 0.717) is 26.2 Å². The highest BCUT2D eigenvalue weighted by molar-refractivity contribution is 7.89. The van der Waals surface area contributed by atoms with Crippen LogP contribution in [-0.2, 0) is 15.4 Å². The SMILES string of the molecule is CCS(=O)(=O)N1CCC(NC(=NC)NCCOc2ccccc2C(C)(C)C)CC1. The maximum Gasteiger partial charge on any atom is 0.213 e. The third-order valence-electron chi connectivity index (χ3n) is 5.12. The van der Waals surface area contributed by atoms with E-state index in [2.05, 4.69) is 42.5 Å². The van der Waals surface area contributed by atoms with Crippen LogP contribution in [0, 0.1) is 0 Å². The van der Waals surface area contributed by atoms with Crippen molar-refractivity contribution in [2.24, 2.45) is 4.99 Å². The lowest BCUT2D eigenvalue weighted by atomic mass is 9.86. The lowest BCUT2D eigenvalue weighted by Crippen LogP contribution is -2.50. The van der Waals surface area contributed by atoms with Crippen molar-refractivity contribution >= 4 is 16.0 Å². The molecular formula is C21H36N4O3S. The Balaban J connectivity index is 1.77. The van der Waals surface area contributed by atoms with E-state index >= 15 is 0 Å². The molecule has 0 bridgehead atoms. The predicted octanol–water partition coefficient (Wildman–Crippen LogP) is 2.34. The number of guanidine groups is 1. The molecule has 1 aliphatic rings. The zero-order chi connectivity index (χ0) is 21.5. The Morgan fingerprint density at radius 1 is 1.24 bits per heavy atom. The van der Waals surface area contributed by atoms with Gasteiger partial charge in [-0.2, -0.15) is 0 Å². The first-order valence-electron chi connectivity index (χ1n) is 10.3. The average Bonchev–Trinajstić information content (AvgIpc) is 2.70. The molecule has 0 atom stereocenters. The molecule has 8 heteroatoms. The number of aliphatic imine (C=N–C) groups is 1. The van der Waals surface area contributed by atoms with Crippen molar-refractivity contribution < 1.29 is 13.2 Å². The molecule has 1 aromatic carbocycles. The minimum atomic E-state index is -3.09. The number of para-hydroxylation sites is 1. The normalized spacial score (nSPS) is 17.2. The van der Waals surface area contributed by atoms with Crippen LogP contribution in [0.5, 0.6) is 5.75 Å². The van der Waals surface area contributed by atoms with Crippen LogP contribution in [0.3, 0.4) is 0 Å². The summed E-state index contributed by atoms with van der Waals surface area (Å²) >= 11 is 0. The zero-order valence-corrected chi connectivity index (χ0v) is 19.2. The predicted molar refractivity (Wildman–Crippen MR) is 119 cm³/mol. The van der Waals surface area contributed by atoms with Crippen molar-refractivity contribution in [2.45, 2.75) is 52.0 Å². The quantitative estimate of drug-likeness (QED) is 0.399. The summed E-state index contributed by atoms with van der Waals surface area (Å²) in [5, 5.41) is 6.67. The smallest absolute Gasteiger partial charge is 0.213 e. The van der Waals surface area contributed by atoms with E-state index in [1.165, 1.54) is 5.56 Å². The molecule has 1 fully saturated rings. The molecule has 1 saturated heterocycles. The Hall–Kier alpha value is -1.80. The summed E-state index contributed by atoms with van der Waals surface area (Å²) in [6.07, 6.45) is 1.55. The molecule has 0 amide bonds. The molecular weight excluding hydrogens is 388 g/mol. The van der Waals surface area contributed by atoms with Gasteiger partial charge in [0.2, 0.25) is 10.0 Å². The number of rotatable bonds is 7. The highest BCUT2D eigenvalue weighted by Crippen LogP contribution is 2.30. The summed E-state index contributed by atoms with van der Waals surface area (Å²) in [7, 11) is -1.36. The maximum atomic E-state index is 12.0. The molecule has 0 aliphatic carbocycles. The Morgan fingerprint density at radius 3 is 2.48 bits per heavy atom. The van der Waals surface area contributed by atoms with Crippen molar-refractivity contribution in [1.29, 1.82) is 0 Å². The molecule has 164 valence electrons. The van der Waals surface area contributed by atoms with Crippen LogP contribution in [-0.4, -0.2) is 63.8 Å². The standard InChI is InChI=1S/C21H36N4O3S/c1-6-29(26,27)25-14-11-17(12-15-25)24-20(22-5)23-13-16-28-19-10-8-7-9-18(19)21(2,3)4/h7-10,17H,6,11-16H2,1-5H3,(H2,22,23,24). The van der Waals surface area contributed by atoms with Gasteiger partial charge >= 0.3 is 0 Å². The maximum absolute atomic E-state index is 12.0. The molecule has 2 rings (SSSR count). The van der Waals surface area contributed by atoms with E-state index in [9.17, 15) is 8.42 Å². The van der Waals surface area contributed by atoms with Gasteiger partial charge in [0.1, 0.15) is 12.4 Å². The van der Waals surface area contributed by atoms with Crippen molar-refractivity contribution in [3.8, 4) is 5.75 Å². The molecule has 29 heavy (non-hydrogen) atoms. The van der Waals surface area contributed by atoms with Crippen molar-refractivity contribution in [3.05, 3.63) is 29.8 Å². The van der Waals surface area contributed by atoms with Crippen LogP contribution in [0.15, 0.2) is 29.3 Å². The van der Waals surface area contributed by atoms with Gasteiger partial charge in [-0.1, -0.05) is 39.0 Å². The van der Waals surface area contributed by atoms with Gasteiger partial charge < -0.3 is 15.4 Å². The van der Waals surface area contributed by atoms with Gasteiger partial charge in [-0.3, -0.25) is 4.99 Å². The molecule has 0 radical (unpaired) electrons. The van der Waals surface area contributed by atoms with E-state index < -0.39 is 10.0 Å². The van der Waals surface area contributed by atoms with Crippen LogP contribution in [0.25, 0.3) is 0 Å². The molecule has 0 aromatic heterocycles. The fraction of sp³-hybridized carbons (Fsp3) is 0.667. The summed E-state index contributed by atoms with van der Waals surface area (Å²) in [5.74, 6) is 1.79. The van der Waals surface area contributed by atoms with E-state index in [0.717, 1.165) is 24.6 Å². The van der Waals surface area contributed by atoms with Gasteiger partial charge in [0.15, 0.2) is 5.96 Å². The topological polar surface area (TPSA) is 83.0 Å². The molecule has 2 N–H and O–H groups in total. The van der Waals surface area contributed by atoms with E-state index in [1.807, 2.05) is 18.2 Å². The molecule has 0 spiro atoms. The second-order valence-corrected chi connectivity index (χ2v) is 10.6. The minimum Gasteiger partial charge on any atom is -0.491 e. The lowest BCUT2D eigenvalue weighted by Gasteiger charge is -2.32. The summed E-state index contributed by atoms with van der Waals surface area (Å²) in [5.41, 5.74) is 1.22. The summed E-state index contributed by atoms with van der Waals surface area (Å²) in [4.78, 5) is 4.27. The summed E-state index contributed by atoms with van der Waals surface area (Å²) in [6.45, 7) is 10.5. The highest BCUT2D eigenvalue weighted by Gasteiger charge is 2.27. The summed E-state index contributed by atoms with van der Waals surface area (Å²) in [6, 6.07) is 8.35. The van der Waals surface area contributed by atoms with Gasteiger partial charge in [0, 0.05) is 26.2 Å². The third-order valence-corrected chi connectivity index (χ3v) is 7.01. The van der Waals surface area contributed by atoms with Gasteiger partial charge in [-0.05, 0) is 36.8 Å². The zero-order valence-electron chi connectivity index (χ0n) is 18.4. The Morgan fingerprint density at radius 2 is 1.90 bits per heavy atom. The number of hydrogen-bond acceptors (Lipinski definition) is 4. The number of ether oxygens (including phenoxy) is 1. The van der Waals surface area contributed by atoms with Crippen molar-refractivity contribution in [2.75, 3.05) is 39.0 Å². The molecule has 1 aliphatic heterocycles. The number of sulfonamides is 1. The van der Waals surface area contributed by atoms with Gasteiger partial charge in [0.25, 0.3) is 0 Å². The Kier molecular flexibility index (Phi) is 8.34. The molecule has 0 saturated carbocycles. The number of benzene rings is 1. The van der Waals surface area contributed by atoms with E-state index in [1.54, 1.807) is 18.3 Å². The molecule has 1 heterocycles. The van der Waals surface area contributed by atoms with Crippen molar-refractivity contribution in [1.82, 2.24) is 14.9 Å². The Bertz CT molecular complexity index is 779. The third kappa shape index (κ3) is 6.89. The van der Waals surface area contributed by atoms with E-state index in [4.69, 9.17) is 4.74 Å². The van der Waals surface area contributed by atoms with Crippen LogP contribution in [0.2, 0.25) is 0 Å². The molecule has 7 nitrogen and oxygen atoms in total. The van der Waals surface area contributed by atoms with Gasteiger partial charge in [-0.25, -0.2) is 12.7 Å². The highest BCUT2D eigenvalue weighted by atomic mass is 32.2. The second-order valence-electron chi connectivity index (χ2n) is 8.31. The number of nitrogens with zero attached hydrogens (tertiary/aromatic N) is 2. The first kappa shape index (κ1) is 23.5. The monoisotopic (exact) mass is 424 g/mol. The van der Waals surface area contributed by atoms with Crippen LogP contribution in [0.4, 0.5) is 0 Å². The number of nitrogens with one attached hydrogen (secondary N) is 2. The van der Waals surface area contributed by atoms with Gasteiger partial charge in [-0.15, -0.1) is 0 Å². The minimum absolute atomic E-state index is 0.0295. The number of piperidine rings is 1. The fourth-order valence-electron chi connectivity index (χ4n) is 3.39. The van der Waals surface area contributed by atoms with Crippen LogP contribution in [0.1, 0.15) is 46.1 Å². The van der Waals surface area contributed by atoms with Crippen LogP contribution >= 0.6 is 0 Å². The Labute approximate surface area is 176 Å². The van der Waals surface area contributed by atoms with Crippen LogP contribution < -0.4 is 15.4 Å². The second kappa shape index (κ2) is 10.3. The fourth-order valence-corrected chi connectivity index (χ4v) is 4.52. The largest absolute Gasteiger partial charge is 0.491 e. The first-order chi connectivity index (χ1) is 13.7. The van der Waals surface area contributed by atoms with Gasteiger partial charge in [0.05, 0.1) is 12.3 Å².